The Labute approximate surface area is 133 Å². The smallest absolute Gasteiger partial charge is 0.324 e. The molecule has 1 aromatic carbocycles. The molecule has 0 aliphatic rings. The highest BCUT2D eigenvalue weighted by Crippen LogP contribution is 2.35. The molecule has 0 radical (unpaired) electrons. The lowest BCUT2D eigenvalue weighted by atomic mass is 9.99. The van der Waals surface area contributed by atoms with Crippen LogP contribution in [0.1, 0.15) is 25.3 Å². The number of hydrogen-bond donors (Lipinski definition) is 0. The lowest BCUT2D eigenvalue weighted by Gasteiger charge is -2.17. The largest absolute Gasteiger partial charge is 0.495 e. The highest BCUT2D eigenvalue weighted by atomic mass is 35.5. The van der Waals surface area contributed by atoms with Gasteiger partial charge in [-0.25, -0.2) is 0 Å². The first-order valence-electron chi connectivity index (χ1n) is 6.32. The summed E-state index contributed by atoms with van der Waals surface area (Å²) in [6, 6.07) is 2.84. The third-order valence-corrected chi connectivity index (χ3v) is 3.25. The minimum atomic E-state index is -1.28. The van der Waals surface area contributed by atoms with Crippen molar-refractivity contribution in [3.8, 4) is 5.75 Å². The molecular weight excluding hydrogens is 319 g/mol. The molecule has 0 aliphatic carbocycles. The lowest BCUT2D eigenvalue weighted by molar-refractivity contribution is -0.156. The van der Waals surface area contributed by atoms with Crippen LogP contribution in [-0.2, 0) is 19.1 Å². The van der Waals surface area contributed by atoms with Crippen molar-refractivity contribution in [2.75, 3.05) is 20.3 Å². The molecule has 0 unspecified atom stereocenters. The number of methoxy groups -OCH3 is 1. The molecule has 0 heterocycles. The Morgan fingerprint density at radius 2 is 1.57 bits per heavy atom. The lowest BCUT2D eigenvalue weighted by Crippen LogP contribution is -2.26. The molecule has 0 aliphatic heterocycles. The van der Waals surface area contributed by atoms with E-state index in [1.807, 2.05) is 0 Å². The van der Waals surface area contributed by atoms with Crippen LogP contribution in [0.4, 0.5) is 0 Å². The van der Waals surface area contributed by atoms with Crippen LogP contribution in [0.25, 0.3) is 0 Å². The molecule has 0 bridgehead atoms. The summed E-state index contributed by atoms with van der Waals surface area (Å²) in [5, 5.41) is 0.401. The Morgan fingerprint density at radius 1 is 1.05 bits per heavy atom. The summed E-state index contributed by atoms with van der Waals surface area (Å²) in [6.45, 7) is 3.55. The monoisotopic (exact) mass is 334 g/mol. The van der Waals surface area contributed by atoms with Gasteiger partial charge in [0.05, 0.1) is 25.3 Å². The first kappa shape index (κ1) is 17.6. The second kappa shape index (κ2) is 8.10. The number of carbonyl (C=O) groups excluding carboxylic acids is 2. The molecule has 0 atom stereocenters. The van der Waals surface area contributed by atoms with Gasteiger partial charge in [-0.15, -0.1) is 0 Å². The second-order valence-electron chi connectivity index (χ2n) is 3.95. The molecule has 0 amide bonds. The average molecular weight is 335 g/mol. The van der Waals surface area contributed by atoms with Gasteiger partial charge >= 0.3 is 11.9 Å². The Kier molecular flexibility index (Phi) is 6.78. The van der Waals surface area contributed by atoms with Crippen LogP contribution in [0.15, 0.2) is 12.1 Å². The Bertz CT molecular complexity index is 512. The zero-order valence-electron chi connectivity index (χ0n) is 11.9. The normalized spacial score (nSPS) is 10.4. The van der Waals surface area contributed by atoms with E-state index >= 15 is 0 Å². The van der Waals surface area contributed by atoms with Crippen LogP contribution in [0, 0.1) is 0 Å². The summed E-state index contributed by atoms with van der Waals surface area (Å²) in [5.41, 5.74) is 0.222. The van der Waals surface area contributed by atoms with Crippen LogP contribution >= 0.6 is 23.2 Å². The first-order chi connectivity index (χ1) is 9.96. The Hall–Kier alpha value is -1.46. The van der Waals surface area contributed by atoms with E-state index in [4.69, 9.17) is 37.4 Å². The molecule has 0 fully saturated rings. The van der Waals surface area contributed by atoms with E-state index in [9.17, 15) is 9.59 Å². The van der Waals surface area contributed by atoms with E-state index in [1.54, 1.807) is 13.8 Å². The van der Waals surface area contributed by atoms with Crippen LogP contribution in [0.3, 0.4) is 0 Å². The highest BCUT2D eigenvalue weighted by molar-refractivity contribution is 6.35. The molecule has 0 aromatic heterocycles. The van der Waals surface area contributed by atoms with Gasteiger partial charge in [0.15, 0.2) is 5.92 Å². The molecule has 21 heavy (non-hydrogen) atoms. The van der Waals surface area contributed by atoms with Crippen molar-refractivity contribution in [1.29, 1.82) is 0 Å². The first-order valence-corrected chi connectivity index (χ1v) is 7.08. The predicted molar refractivity (Wildman–Crippen MR) is 79.0 cm³/mol. The predicted octanol–water partition coefficient (Wildman–Crippen LogP) is 3.21. The number of carbonyl (C=O) groups is 2. The van der Waals surface area contributed by atoms with E-state index in [1.165, 1.54) is 19.2 Å². The quantitative estimate of drug-likeness (QED) is 0.590. The molecule has 0 saturated heterocycles. The molecule has 0 N–H and O–H groups in total. The number of benzene rings is 1. The van der Waals surface area contributed by atoms with Gasteiger partial charge in [0.2, 0.25) is 0 Å². The molecule has 0 spiro atoms. The molecule has 1 aromatic rings. The standard InChI is InChI=1S/C14H16Cl2O5/c1-4-20-13(17)12(14(18)21-5-2)8-6-10(16)11(19-3)7-9(8)15/h6-7,12H,4-5H2,1-3H3. The zero-order valence-corrected chi connectivity index (χ0v) is 13.5. The molecular formula is C14H16Cl2O5. The summed E-state index contributed by atoms with van der Waals surface area (Å²) in [6.07, 6.45) is 0. The van der Waals surface area contributed by atoms with Gasteiger partial charge in [0, 0.05) is 11.1 Å². The molecule has 7 heteroatoms. The average Bonchev–Trinajstić information content (AvgIpc) is 2.43. The van der Waals surface area contributed by atoms with E-state index in [-0.39, 0.29) is 28.8 Å². The van der Waals surface area contributed by atoms with Gasteiger partial charge in [0.1, 0.15) is 5.75 Å². The summed E-state index contributed by atoms with van der Waals surface area (Å²) in [5.74, 6) is -2.41. The fourth-order valence-electron chi connectivity index (χ4n) is 1.72. The van der Waals surface area contributed by atoms with Crippen molar-refractivity contribution >= 4 is 35.1 Å². The van der Waals surface area contributed by atoms with Crippen molar-refractivity contribution in [3.05, 3.63) is 27.7 Å². The zero-order chi connectivity index (χ0) is 16.0. The summed E-state index contributed by atoms with van der Waals surface area (Å²) in [7, 11) is 1.44. The third-order valence-electron chi connectivity index (χ3n) is 2.63. The maximum Gasteiger partial charge on any atom is 0.324 e. The van der Waals surface area contributed by atoms with Crippen molar-refractivity contribution in [2.24, 2.45) is 0 Å². The van der Waals surface area contributed by atoms with Crippen molar-refractivity contribution in [1.82, 2.24) is 0 Å². The maximum atomic E-state index is 12.0. The molecule has 1 rings (SSSR count). The van der Waals surface area contributed by atoms with Crippen LogP contribution in [0.5, 0.6) is 5.75 Å². The summed E-state index contributed by atoms with van der Waals surface area (Å²) < 4.78 is 14.8. The van der Waals surface area contributed by atoms with Crippen molar-refractivity contribution in [2.45, 2.75) is 19.8 Å². The number of rotatable bonds is 6. The van der Waals surface area contributed by atoms with E-state index in [0.29, 0.717) is 5.75 Å². The van der Waals surface area contributed by atoms with E-state index in [2.05, 4.69) is 0 Å². The van der Waals surface area contributed by atoms with Crippen molar-refractivity contribution in [3.63, 3.8) is 0 Å². The fraction of sp³-hybridized carbons (Fsp3) is 0.429. The van der Waals surface area contributed by atoms with Gasteiger partial charge in [-0.1, -0.05) is 23.2 Å². The number of hydrogen-bond acceptors (Lipinski definition) is 5. The van der Waals surface area contributed by atoms with Crippen LogP contribution < -0.4 is 4.74 Å². The molecule has 116 valence electrons. The minimum Gasteiger partial charge on any atom is -0.495 e. The van der Waals surface area contributed by atoms with Crippen molar-refractivity contribution < 1.29 is 23.8 Å². The van der Waals surface area contributed by atoms with Crippen LogP contribution in [-0.4, -0.2) is 32.3 Å². The van der Waals surface area contributed by atoms with Gasteiger partial charge in [0.25, 0.3) is 0 Å². The summed E-state index contributed by atoms with van der Waals surface area (Å²) >= 11 is 12.1. The number of esters is 2. The second-order valence-corrected chi connectivity index (χ2v) is 4.76. The number of halogens is 2. The molecule has 0 saturated carbocycles. The van der Waals surface area contributed by atoms with E-state index < -0.39 is 17.9 Å². The fourth-order valence-corrected chi connectivity index (χ4v) is 2.23. The van der Waals surface area contributed by atoms with Gasteiger partial charge < -0.3 is 14.2 Å². The minimum absolute atomic E-state index is 0.135. The topological polar surface area (TPSA) is 61.8 Å². The molecule has 5 nitrogen and oxygen atoms in total. The number of ether oxygens (including phenoxy) is 3. The van der Waals surface area contributed by atoms with Gasteiger partial charge in [-0.05, 0) is 25.5 Å². The summed E-state index contributed by atoms with van der Waals surface area (Å²) in [4.78, 5) is 24.0. The highest BCUT2D eigenvalue weighted by Gasteiger charge is 2.33. The van der Waals surface area contributed by atoms with Gasteiger partial charge in [-0.2, -0.15) is 0 Å². The van der Waals surface area contributed by atoms with Gasteiger partial charge in [-0.3, -0.25) is 9.59 Å². The maximum absolute atomic E-state index is 12.0. The Balaban J connectivity index is 3.28. The van der Waals surface area contributed by atoms with E-state index in [0.717, 1.165) is 0 Å². The Morgan fingerprint density at radius 3 is 2.00 bits per heavy atom. The van der Waals surface area contributed by atoms with Crippen LogP contribution in [0.2, 0.25) is 10.0 Å². The SMILES string of the molecule is CCOC(=O)C(C(=O)OCC)c1cc(Cl)c(OC)cc1Cl. The third kappa shape index (κ3) is 4.25.